The first-order chi connectivity index (χ1) is 11.1. The number of hydrogen-bond acceptors (Lipinski definition) is 4. The number of halogens is 1. The molecule has 0 aliphatic carbocycles. The lowest BCUT2D eigenvalue weighted by molar-refractivity contribution is 0.0735. The van der Waals surface area contributed by atoms with E-state index in [-0.39, 0.29) is 23.4 Å². The predicted octanol–water partition coefficient (Wildman–Crippen LogP) is 3.15. The van der Waals surface area contributed by atoms with Gasteiger partial charge in [-0.15, -0.1) is 0 Å². The molecule has 23 heavy (non-hydrogen) atoms. The molecule has 1 amide bonds. The number of nitrogens with zero attached hydrogens (tertiary/aromatic N) is 3. The molecule has 0 fully saturated rings. The van der Waals surface area contributed by atoms with E-state index in [1.165, 1.54) is 29.2 Å². The highest BCUT2D eigenvalue weighted by atomic mass is 19.1. The molecule has 1 aromatic heterocycles. The molecule has 0 spiro atoms. The number of aromatic nitrogens is 2. The van der Waals surface area contributed by atoms with Gasteiger partial charge in [0.2, 0.25) is 5.82 Å². The van der Waals surface area contributed by atoms with Crippen molar-refractivity contribution in [2.75, 3.05) is 7.05 Å². The van der Waals surface area contributed by atoms with Crippen LogP contribution in [0, 0.1) is 5.82 Å². The topological polar surface area (TPSA) is 59.2 Å². The Morgan fingerprint density at radius 2 is 1.83 bits per heavy atom. The first-order valence-electron chi connectivity index (χ1n) is 7.02. The van der Waals surface area contributed by atoms with Gasteiger partial charge in [0.05, 0.1) is 0 Å². The maximum absolute atomic E-state index is 12.9. The quantitative estimate of drug-likeness (QED) is 0.742. The third-order valence-corrected chi connectivity index (χ3v) is 3.32. The molecule has 6 heteroatoms. The summed E-state index contributed by atoms with van der Waals surface area (Å²) in [4.78, 5) is 17.9. The fraction of sp³-hybridized carbons (Fsp3) is 0.118. The number of carbonyl (C=O) groups is 1. The van der Waals surface area contributed by atoms with Crippen LogP contribution in [0.25, 0.3) is 11.4 Å². The van der Waals surface area contributed by atoms with Crippen molar-refractivity contribution in [1.82, 2.24) is 15.0 Å². The Hall–Kier alpha value is -3.02. The molecular formula is C17H14FN3O2. The second-order valence-electron chi connectivity index (χ2n) is 5.08. The molecule has 0 aliphatic heterocycles. The van der Waals surface area contributed by atoms with E-state index in [1.54, 1.807) is 7.05 Å². The SMILES string of the molecule is CN(Cc1ccccc1)C(=O)c1nc(-c2ccc(F)cc2)no1. The van der Waals surface area contributed by atoms with Crippen LogP contribution in [0.1, 0.15) is 16.2 Å². The van der Waals surface area contributed by atoms with Gasteiger partial charge in [-0.3, -0.25) is 4.79 Å². The van der Waals surface area contributed by atoms with Gasteiger partial charge in [-0.05, 0) is 29.8 Å². The molecule has 116 valence electrons. The van der Waals surface area contributed by atoms with Crippen LogP contribution in [0.5, 0.6) is 0 Å². The van der Waals surface area contributed by atoms with Gasteiger partial charge in [-0.1, -0.05) is 35.5 Å². The lowest BCUT2D eigenvalue weighted by atomic mass is 10.2. The van der Waals surface area contributed by atoms with Gasteiger partial charge in [-0.25, -0.2) is 4.39 Å². The van der Waals surface area contributed by atoms with E-state index in [0.29, 0.717) is 12.1 Å². The summed E-state index contributed by atoms with van der Waals surface area (Å²) in [5, 5.41) is 3.77. The fourth-order valence-electron chi connectivity index (χ4n) is 2.12. The predicted molar refractivity (Wildman–Crippen MR) is 81.9 cm³/mol. The lowest BCUT2D eigenvalue weighted by Crippen LogP contribution is -2.26. The van der Waals surface area contributed by atoms with Crippen LogP contribution in [-0.4, -0.2) is 28.0 Å². The van der Waals surface area contributed by atoms with Gasteiger partial charge >= 0.3 is 11.8 Å². The van der Waals surface area contributed by atoms with Crippen LogP contribution in [0.2, 0.25) is 0 Å². The van der Waals surface area contributed by atoms with Crippen LogP contribution in [0.3, 0.4) is 0 Å². The van der Waals surface area contributed by atoms with E-state index < -0.39 is 0 Å². The van der Waals surface area contributed by atoms with E-state index in [9.17, 15) is 9.18 Å². The highest BCUT2D eigenvalue weighted by Gasteiger charge is 2.20. The number of amides is 1. The second kappa shape index (κ2) is 6.39. The minimum Gasteiger partial charge on any atom is -0.333 e. The van der Waals surface area contributed by atoms with E-state index in [2.05, 4.69) is 10.1 Å². The van der Waals surface area contributed by atoms with Crippen LogP contribution >= 0.6 is 0 Å². The van der Waals surface area contributed by atoms with Crippen molar-refractivity contribution in [2.45, 2.75) is 6.54 Å². The maximum atomic E-state index is 12.9. The zero-order valence-electron chi connectivity index (χ0n) is 12.4. The third-order valence-electron chi connectivity index (χ3n) is 3.32. The average Bonchev–Trinajstić information content (AvgIpc) is 3.05. The van der Waals surface area contributed by atoms with Crippen molar-refractivity contribution < 1.29 is 13.7 Å². The number of carbonyl (C=O) groups excluding carboxylic acids is 1. The van der Waals surface area contributed by atoms with Crippen LogP contribution in [0.4, 0.5) is 4.39 Å². The molecule has 0 atom stereocenters. The highest BCUT2D eigenvalue weighted by molar-refractivity contribution is 5.89. The summed E-state index contributed by atoms with van der Waals surface area (Å²) in [5.74, 6) is -0.560. The van der Waals surface area contributed by atoms with E-state index >= 15 is 0 Å². The van der Waals surface area contributed by atoms with Gasteiger partial charge in [0.25, 0.3) is 0 Å². The third kappa shape index (κ3) is 3.42. The summed E-state index contributed by atoms with van der Waals surface area (Å²) in [5.41, 5.74) is 1.58. The molecular weight excluding hydrogens is 297 g/mol. The molecule has 0 radical (unpaired) electrons. The Morgan fingerprint density at radius 3 is 2.52 bits per heavy atom. The Morgan fingerprint density at radius 1 is 1.13 bits per heavy atom. The van der Waals surface area contributed by atoms with Crippen LogP contribution in [-0.2, 0) is 6.54 Å². The molecule has 0 N–H and O–H groups in total. The van der Waals surface area contributed by atoms with Gasteiger partial charge < -0.3 is 9.42 Å². The maximum Gasteiger partial charge on any atom is 0.316 e. The van der Waals surface area contributed by atoms with Gasteiger partial charge in [0, 0.05) is 19.2 Å². The molecule has 0 bridgehead atoms. The summed E-state index contributed by atoms with van der Waals surface area (Å²) in [6.07, 6.45) is 0. The lowest BCUT2D eigenvalue weighted by Gasteiger charge is -2.14. The average molecular weight is 311 g/mol. The Labute approximate surface area is 132 Å². The minimum atomic E-state index is -0.366. The van der Waals surface area contributed by atoms with E-state index in [4.69, 9.17) is 4.52 Å². The van der Waals surface area contributed by atoms with Gasteiger partial charge in [-0.2, -0.15) is 4.98 Å². The molecule has 3 aromatic rings. The Balaban J connectivity index is 1.74. The summed E-state index contributed by atoms with van der Waals surface area (Å²) in [6.45, 7) is 0.438. The Kier molecular flexibility index (Phi) is 4.14. The summed E-state index contributed by atoms with van der Waals surface area (Å²) < 4.78 is 17.9. The van der Waals surface area contributed by atoms with Crippen LogP contribution in [0.15, 0.2) is 59.1 Å². The smallest absolute Gasteiger partial charge is 0.316 e. The van der Waals surface area contributed by atoms with Gasteiger partial charge in [0.1, 0.15) is 5.82 Å². The molecule has 0 saturated carbocycles. The normalized spacial score (nSPS) is 10.5. The minimum absolute atomic E-state index is 0.0947. The van der Waals surface area contributed by atoms with Crippen molar-refractivity contribution >= 4 is 5.91 Å². The largest absolute Gasteiger partial charge is 0.333 e. The van der Waals surface area contributed by atoms with Crippen molar-refractivity contribution in [3.63, 3.8) is 0 Å². The Bertz CT molecular complexity index is 800. The van der Waals surface area contributed by atoms with E-state index in [0.717, 1.165) is 5.56 Å². The number of hydrogen-bond donors (Lipinski definition) is 0. The molecule has 0 aliphatic rings. The molecule has 0 saturated heterocycles. The molecule has 2 aromatic carbocycles. The first kappa shape index (κ1) is 14.9. The summed E-state index contributed by atoms with van der Waals surface area (Å²) in [6, 6.07) is 15.3. The highest BCUT2D eigenvalue weighted by Crippen LogP contribution is 2.17. The molecule has 3 rings (SSSR count). The van der Waals surface area contributed by atoms with Gasteiger partial charge in [0.15, 0.2) is 0 Å². The summed E-state index contributed by atoms with van der Waals surface area (Å²) >= 11 is 0. The second-order valence-corrected chi connectivity index (χ2v) is 5.08. The molecule has 5 nitrogen and oxygen atoms in total. The standard InChI is InChI=1S/C17H14FN3O2/c1-21(11-12-5-3-2-4-6-12)17(22)16-19-15(20-23-16)13-7-9-14(18)10-8-13/h2-10H,11H2,1H3. The first-order valence-corrected chi connectivity index (χ1v) is 7.02. The van der Waals surface area contributed by atoms with Crippen molar-refractivity contribution in [3.05, 3.63) is 71.9 Å². The van der Waals surface area contributed by atoms with Crippen molar-refractivity contribution in [2.24, 2.45) is 0 Å². The van der Waals surface area contributed by atoms with Crippen molar-refractivity contribution in [1.29, 1.82) is 0 Å². The molecule has 0 unspecified atom stereocenters. The number of benzene rings is 2. The number of rotatable bonds is 4. The molecule has 1 heterocycles. The van der Waals surface area contributed by atoms with Crippen molar-refractivity contribution in [3.8, 4) is 11.4 Å². The zero-order chi connectivity index (χ0) is 16.2. The van der Waals surface area contributed by atoms with E-state index in [1.807, 2.05) is 30.3 Å². The monoisotopic (exact) mass is 311 g/mol. The summed E-state index contributed by atoms with van der Waals surface area (Å²) in [7, 11) is 1.66. The zero-order valence-corrected chi connectivity index (χ0v) is 12.4. The fourth-order valence-corrected chi connectivity index (χ4v) is 2.12. The van der Waals surface area contributed by atoms with Crippen LogP contribution < -0.4 is 0 Å².